The summed E-state index contributed by atoms with van der Waals surface area (Å²) in [5, 5.41) is 22.6. The number of hydrogen-bond acceptors (Lipinski definition) is 5. The van der Waals surface area contributed by atoms with Crippen molar-refractivity contribution in [3.05, 3.63) is 22.4 Å². The van der Waals surface area contributed by atoms with Crippen molar-refractivity contribution in [1.29, 1.82) is 0 Å². The van der Waals surface area contributed by atoms with Crippen molar-refractivity contribution >= 4 is 23.3 Å². The average molecular weight is 258 g/mol. The number of aliphatic carboxylic acids is 2. The molecule has 4 nitrogen and oxygen atoms in total. The Kier molecular flexibility index (Phi) is 11.5. The van der Waals surface area contributed by atoms with E-state index in [0.717, 1.165) is 4.88 Å². The second kappa shape index (κ2) is 9.65. The van der Waals surface area contributed by atoms with Crippen LogP contribution in [0.4, 0.5) is 0 Å². The molecule has 0 aliphatic heterocycles. The number of carbonyl (C=O) groups excluding carboxylic acids is 2. The molecule has 1 rings (SSSR count). The van der Waals surface area contributed by atoms with Gasteiger partial charge in [-0.05, 0) is 24.3 Å². The number of thiophene rings is 1. The van der Waals surface area contributed by atoms with Crippen molar-refractivity contribution in [2.24, 2.45) is 5.92 Å². The predicted molar refractivity (Wildman–Crippen MR) is 46.1 cm³/mol. The van der Waals surface area contributed by atoms with Gasteiger partial charge in [-0.15, -0.1) is 11.3 Å². The third-order valence-electron chi connectivity index (χ3n) is 1.77. The molecule has 0 bridgehead atoms. The SMILES string of the molecule is O=C([O-])C[C@H](Cc1cccs1)C(=O)[O-].[Na+].[Na+]. The quantitative estimate of drug-likeness (QED) is 0.491. The Hall–Kier alpha value is 0.640. The van der Waals surface area contributed by atoms with Gasteiger partial charge in [-0.3, -0.25) is 0 Å². The normalized spacial score (nSPS) is 10.8. The minimum absolute atomic E-state index is 0. The zero-order chi connectivity index (χ0) is 10.6. The van der Waals surface area contributed by atoms with Crippen LogP contribution in [0.25, 0.3) is 0 Å². The molecule has 0 aliphatic carbocycles. The number of carboxylic acid groups (broad SMARTS) is 2. The van der Waals surface area contributed by atoms with Crippen LogP contribution in [-0.2, 0) is 16.0 Å². The van der Waals surface area contributed by atoms with E-state index in [0.29, 0.717) is 0 Å². The molecule has 1 atom stereocenters. The fourth-order valence-electron chi connectivity index (χ4n) is 1.11. The zero-order valence-electron chi connectivity index (χ0n) is 9.26. The summed E-state index contributed by atoms with van der Waals surface area (Å²) in [5.74, 6) is -3.71. The van der Waals surface area contributed by atoms with Crippen LogP contribution in [0.15, 0.2) is 17.5 Å². The molecule has 0 aliphatic rings. The summed E-state index contributed by atoms with van der Waals surface area (Å²) in [5.41, 5.74) is 0. The van der Waals surface area contributed by atoms with E-state index in [1.165, 1.54) is 11.3 Å². The van der Waals surface area contributed by atoms with Crippen LogP contribution in [0.5, 0.6) is 0 Å². The number of carbonyl (C=O) groups is 2. The first kappa shape index (κ1) is 19.0. The van der Waals surface area contributed by atoms with Crippen LogP contribution >= 0.6 is 11.3 Å². The molecule has 0 radical (unpaired) electrons. The molecule has 1 aromatic heterocycles. The smallest absolute Gasteiger partial charge is 0.550 e. The van der Waals surface area contributed by atoms with E-state index in [-0.39, 0.29) is 65.5 Å². The molecule has 16 heavy (non-hydrogen) atoms. The second-order valence-electron chi connectivity index (χ2n) is 2.88. The molecule has 0 saturated carbocycles. The fraction of sp³-hybridized carbons (Fsp3) is 0.333. The van der Waals surface area contributed by atoms with E-state index in [1.807, 2.05) is 0 Å². The third-order valence-corrected chi connectivity index (χ3v) is 2.67. The minimum atomic E-state index is -1.37. The van der Waals surface area contributed by atoms with Gasteiger partial charge in [-0.25, -0.2) is 0 Å². The van der Waals surface area contributed by atoms with Gasteiger partial charge in [0.1, 0.15) is 0 Å². The third kappa shape index (κ3) is 7.06. The first-order valence-corrected chi connectivity index (χ1v) is 4.90. The van der Waals surface area contributed by atoms with Crippen molar-refractivity contribution < 1.29 is 78.9 Å². The molecule has 7 heteroatoms. The maximum absolute atomic E-state index is 10.6. The molecule has 0 fully saturated rings. The number of rotatable bonds is 5. The van der Waals surface area contributed by atoms with E-state index in [9.17, 15) is 19.8 Å². The van der Waals surface area contributed by atoms with Crippen LogP contribution in [0, 0.1) is 5.92 Å². The van der Waals surface area contributed by atoms with Gasteiger partial charge in [0, 0.05) is 22.7 Å². The van der Waals surface area contributed by atoms with E-state index >= 15 is 0 Å². The molecule has 76 valence electrons. The van der Waals surface area contributed by atoms with Crippen molar-refractivity contribution in [3.8, 4) is 0 Å². The molecule has 1 heterocycles. The van der Waals surface area contributed by atoms with Crippen LogP contribution in [0.2, 0.25) is 0 Å². The fourth-order valence-corrected chi connectivity index (χ4v) is 1.90. The molecule has 1 aromatic rings. The summed E-state index contributed by atoms with van der Waals surface area (Å²) >= 11 is 1.39. The van der Waals surface area contributed by atoms with Gasteiger partial charge in [0.15, 0.2) is 0 Å². The van der Waals surface area contributed by atoms with Crippen LogP contribution < -0.4 is 69.3 Å². The van der Waals surface area contributed by atoms with Gasteiger partial charge >= 0.3 is 59.1 Å². The molecule has 0 N–H and O–H groups in total. The summed E-state index contributed by atoms with van der Waals surface area (Å²) in [4.78, 5) is 21.6. The Labute approximate surface area is 142 Å². The zero-order valence-corrected chi connectivity index (χ0v) is 14.1. The summed E-state index contributed by atoms with van der Waals surface area (Å²) in [7, 11) is 0. The topological polar surface area (TPSA) is 80.3 Å². The van der Waals surface area contributed by atoms with Gasteiger partial charge in [0.05, 0.1) is 0 Å². The van der Waals surface area contributed by atoms with Crippen LogP contribution in [0.3, 0.4) is 0 Å². The molecule has 0 unspecified atom stereocenters. The largest absolute Gasteiger partial charge is 1.00 e. The first-order valence-electron chi connectivity index (χ1n) is 4.02. The van der Waals surface area contributed by atoms with Crippen LogP contribution in [0.1, 0.15) is 11.3 Å². The molecule has 0 amide bonds. The summed E-state index contributed by atoms with van der Waals surface area (Å²) in [6.07, 6.45) is -0.311. The Morgan fingerprint density at radius 2 is 1.94 bits per heavy atom. The van der Waals surface area contributed by atoms with Crippen molar-refractivity contribution in [2.75, 3.05) is 0 Å². The Morgan fingerprint density at radius 1 is 1.31 bits per heavy atom. The molecule has 0 aromatic carbocycles. The average Bonchev–Trinajstić information content (AvgIpc) is 2.54. The van der Waals surface area contributed by atoms with Gasteiger partial charge in [-0.1, -0.05) is 6.07 Å². The Bertz CT molecular complexity index is 326. The van der Waals surface area contributed by atoms with Gasteiger partial charge in [0.2, 0.25) is 0 Å². The number of carboxylic acids is 2. The monoisotopic (exact) mass is 258 g/mol. The first-order chi connectivity index (χ1) is 6.59. The number of hydrogen-bond donors (Lipinski definition) is 0. The van der Waals surface area contributed by atoms with Crippen molar-refractivity contribution in [1.82, 2.24) is 0 Å². The van der Waals surface area contributed by atoms with E-state index in [2.05, 4.69) is 0 Å². The molecule has 0 spiro atoms. The maximum Gasteiger partial charge on any atom is 1.00 e. The van der Waals surface area contributed by atoms with Gasteiger partial charge in [0.25, 0.3) is 0 Å². The summed E-state index contributed by atoms with van der Waals surface area (Å²) < 4.78 is 0. The standard InChI is InChI=1S/C9H10O4S.2Na/c10-8(11)5-6(9(12)13)4-7-2-1-3-14-7;;/h1-3,6H,4-5H2,(H,10,11)(H,12,13);;/q;2*+1/p-2/t6-;;/m0../s1. The van der Waals surface area contributed by atoms with Gasteiger partial charge < -0.3 is 19.8 Å². The Morgan fingerprint density at radius 3 is 2.31 bits per heavy atom. The van der Waals surface area contributed by atoms with E-state index in [4.69, 9.17) is 0 Å². The Balaban J connectivity index is 0. The van der Waals surface area contributed by atoms with E-state index < -0.39 is 24.3 Å². The van der Waals surface area contributed by atoms with Gasteiger partial charge in [-0.2, -0.15) is 0 Å². The minimum Gasteiger partial charge on any atom is -0.550 e. The predicted octanol–water partition coefficient (Wildman–Crippen LogP) is -7.20. The van der Waals surface area contributed by atoms with Crippen LogP contribution in [-0.4, -0.2) is 11.9 Å². The maximum atomic E-state index is 10.6. The van der Waals surface area contributed by atoms with Crippen molar-refractivity contribution in [3.63, 3.8) is 0 Å². The summed E-state index contributed by atoms with van der Waals surface area (Å²) in [6.45, 7) is 0. The molecular formula is C9H8Na2O4S. The van der Waals surface area contributed by atoms with E-state index in [1.54, 1.807) is 17.5 Å². The molecular weight excluding hydrogens is 250 g/mol. The molecule has 0 saturated heterocycles. The second-order valence-corrected chi connectivity index (χ2v) is 3.91. The summed E-state index contributed by atoms with van der Waals surface area (Å²) in [6, 6.07) is 3.54. The van der Waals surface area contributed by atoms with Crippen molar-refractivity contribution in [2.45, 2.75) is 12.8 Å².